The third-order valence-electron chi connectivity index (χ3n) is 9.26. The molecule has 8 N–H and O–H groups in total. The Kier molecular flexibility index (Phi) is 7.63. The van der Waals surface area contributed by atoms with Gasteiger partial charge in [-0.3, -0.25) is 29.0 Å². The van der Waals surface area contributed by atoms with E-state index in [9.17, 15) is 44.7 Å². The molecule has 7 atom stereocenters. The van der Waals surface area contributed by atoms with Crippen LogP contribution in [0.2, 0.25) is 0 Å². The quantitative estimate of drug-likeness (QED) is 0.165. The highest BCUT2D eigenvalue weighted by atomic mass is 16.5. The Bertz CT molecular complexity index is 1490. The monoisotopic (exact) mass is 600 g/mol. The highest BCUT2D eigenvalue weighted by molar-refractivity contribution is 6.25. The Morgan fingerprint density at radius 2 is 1.86 bits per heavy atom. The van der Waals surface area contributed by atoms with Gasteiger partial charge in [0.25, 0.3) is 5.91 Å². The number of rotatable bonds is 5. The molecule has 0 aromatic heterocycles. The van der Waals surface area contributed by atoms with Crippen LogP contribution in [0.3, 0.4) is 0 Å². The fraction of sp³-hybridized carbons (Fsp3) is 0.517. The van der Waals surface area contributed by atoms with Gasteiger partial charge in [0.1, 0.15) is 17.1 Å². The van der Waals surface area contributed by atoms with E-state index in [1.54, 1.807) is 6.92 Å². The molecule has 43 heavy (non-hydrogen) atoms. The maximum absolute atomic E-state index is 14.0. The standard InChI is InChI=1S/C29H36N4O10/c1-11-10-43-8-7-33(11)9-15(34)31-14-6-5-13-12(2)16-18(23(36)17(13)22(14)35)26(39)29(42)20(24(16)37)21(32(3)4)25(38)19(27(29)40)28(30)41/h5-6,11-12,16,20-21,24,35,37-39,42H,7-10H2,1-4H3,(H2,30,41)(H,31,34)/t11?,12?,16?,20?,21-,24?,29-/m0/s1. The van der Waals surface area contributed by atoms with Crippen LogP contribution in [0.5, 0.6) is 5.75 Å². The van der Waals surface area contributed by atoms with Gasteiger partial charge in [0, 0.05) is 24.1 Å². The largest absolute Gasteiger partial charge is 0.510 e. The maximum Gasteiger partial charge on any atom is 0.255 e. The Morgan fingerprint density at radius 3 is 2.47 bits per heavy atom. The number of aliphatic hydroxyl groups is 4. The summed E-state index contributed by atoms with van der Waals surface area (Å²) in [5, 5.41) is 59.7. The number of nitrogens with two attached hydrogens (primary N) is 1. The van der Waals surface area contributed by atoms with Crippen LogP contribution >= 0.6 is 0 Å². The van der Waals surface area contributed by atoms with E-state index >= 15 is 0 Å². The van der Waals surface area contributed by atoms with E-state index in [-0.39, 0.29) is 23.8 Å². The lowest BCUT2D eigenvalue weighted by atomic mass is 9.55. The number of nitrogens with zero attached hydrogens (tertiary/aromatic N) is 2. The molecule has 0 radical (unpaired) electrons. The molecule has 5 rings (SSSR count). The fourth-order valence-electron chi connectivity index (χ4n) is 7.09. The molecule has 4 aliphatic rings. The van der Waals surface area contributed by atoms with Crippen LogP contribution < -0.4 is 11.1 Å². The number of nitrogens with one attached hydrogen (secondary N) is 1. The Hall–Kier alpha value is -3.82. The number of hydrogen-bond acceptors (Lipinski definition) is 12. The molecule has 14 heteroatoms. The first-order valence-corrected chi connectivity index (χ1v) is 13.9. The Morgan fingerprint density at radius 1 is 1.19 bits per heavy atom. The van der Waals surface area contributed by atoms with Crippen LogP contribution in [-0.4, -0.2) is 123 Å². The van der Waals surface area contributed by atoms with Crippen molar-refractivity contribution < 1.29 is 49.4 Å². The van der Waals surface area contributed by atoms with Crippen LogP contribution in [0.15, 0.2) is 34.8 Å². The molecule has 3 aliphatic carbocycles. The lowest BCUT2D eigenvalue weighted by molar-refractivity contribution is -0.162. The number of carbonyl (C=O) groups is 4. The lowest BCUT2D eigenvalue weighted by Crippen LogP contribution is -2.68. The van der Waals surface area contributed by atoms with Crippen LogP contribution in [-0.2, 0) is 19.1 Å². The molecule has 0 saturated carbocycles. The SMILES string of the molecule is CC1c2ccc(NC(=O)CN3CCOCC3C)c(O)c2C(=O)C2=C(O)[C@]3(O)C(=O)C(C(N)=O)=C(O)[C@@H](N(C)C)C3C(O)C21. The van der Waals surface area contributed by atoms with Crippen molar-refractivity contribution in [3.63, 3.8) is 0 Å². The van der Waals surface area contributed by atoms with Crippen molar-refractivity contribution in [1.82, 2.24) is 9.80 Å². The van der Waals surface area contributed by atoms with Gasteiger partial charge in [-0.1, -0.05) is 13.0 Å². The highest BCUT2D eigenvalue weighted by Crippen LogP contribution is 2.56. The molecule has 5 unspecified atom stereocenters. The molecule has 0 spiro atoms. The number of morpholine rings is 1. The van der Waals surface area contributed by atoms with E-state index in [0.29, 0.717) is 25.3 Å². The third-order valence-corrected chi connectivity index (χ3v) is 9.26. The number of ketones is 2. The summed E-state index contributed by atoms with van der Waals surface area (Å²) < 4.78 is 5.39. The van der Waals surface area contributed by atoms with Gasteiger partial charge in [0.2, 0.25) is 11.7 Å². The number of phenols is 1. The van der Waals surface area contributed by atoms with Gasteiger partial charge in [-0.15, -0.1) is 0 Å². The van der Waals surface area contributed by atoms with Crippen molar-refractivity contribution >= 4 is 29.1 Å². The zero-order chi connectivity index (χ0) is 31.7. The number of benzene rings is 1. The van der Waals surface area contributed by atoms with Gasteiger partial charge in [-0.25, -0.2) is 0 Å². The Labute approximate surface area is 247 Å². The first-order valence-electron chi connectivity index (χ1n) is 13.9. The number of amides is 2. The Balaban J connectivity index is 1.59. The topological polar surface area (TPSA) is 223 Å². The van der Waals surface area contributed by atoms with Gasteiger partial charge < -0.3 is 41.3 Å². The van der Waals surface area contributed by atoms with Gasteiger partial charge in [-0.05, 0) is 38.6 Å². The molecule has 14 nitrogen and oxygen atoms in total. The molecule has 1 saturated heterocycles. The predicted molar refractivity (Wildman–Crippen MR) is 150 cm³/mol. The lowest BCUT2D eigenvalue weighted by Gasteiger charge is -2.53. The smallest absolute Gasteiger partial charge is 0.255 e. The molecule has 1 aliphatic heterocycles. The maximum atomic E-state index is 14.0. The van der Waals surface area contributed by atoms with Gasteiger partial charge in [0.15, 0.2) is 17.1 Å². The molecule has 1 fully saturated rings. The predicted octanol–water partition coefficient (Wildman–Crippen LogP) is -0.688. The van der Waals surface area contributed by atoms with Gasteiger partial charge >= 0.3 is 0 Å². The first kappa shape index (κ1) is 30.6. The minimum atomic E-state index is -3.00. The summed E-state index contributed by atoms with van der Waals surface area (Å²) in [7, 11) is 2.94. The number of aromatic hydroxyl groups is 1. The summed E-state index contributed by atoms with van der Waals surface area (Å²) in [5.74, 6) is -10.2. The number of Topliss-reactive ketones (excluding diaryl/α,β-unsaturated/α-hetero) is 2. The van der Waals surface area contributed by atoms with Crippen LogP contribution in [0.25, 0.3) is 0 Å². The summed E-state index contributed by atoms with van der Waals surface area (Å²) in [6.07, 6.45) is -1.69. The third kappa shape index (κ3) is 4.43. The van der Waals surface area contributed by atoms with Crippen LogP contribution in [0.1, 0.15) is 35.7 Å². The van der Waals surface area contributed by atoms with Crippen molar-refractivity contribution in [3.8, 4) is 5.75 Å². The summed E-state index contributed by atoms with van der Waals surface area (Å²) in [6, 6.07) is 1.61. The minimum Gasteiger partial charge on any atom is -0.510 e. The van der Waals surface area contributed by atoms with E-state index in [1.807, 2.05) is 11.8 Å². The van der Waals surface area contributed by atoms with E-state index in [0.717, 1.165) is 0 Å². The number of ether oxygens (including phenoxy) is 1. The number of aliphatic hydroxyl groups excluding tert-OH is 3. The second kappa shape index (κ2) is 10.7. The van der Waals surface area contributed by atoms with Crippen molar-refractivity contribution in [1.29, 1.82) is 0 Å². The molecule has 1 aromatic rings. The van der Waals surface area contributed by atoms with Gasteiger partial charge in [-0.2, -0.15) is 0 Å². The van der Waals surface area contributed by atoms with Crippen molar-refractivity contribution in [2.75, 3.05) is 45.7 Å². The molecular formula is C29H36N4O10. The molecular weight excluding hydrogens is 564 g/mol. The molecule has 1 aromatic carbocycles. The van der Waals surface area contributed by atoms with Crippen LogP contribution in [0.4, 0.5) is 5.69 Å². The average molecular weight is 601 g/mol. The van der Waals surface area contributed by atoms with Crippen molar-refractivity contribution in [2.24, 2.45) is 17.6 Å². The normalized spacial score (nSPS) is 32.8. The summed E-state index contributed by atoms with van der Waals surface area (Å²) in [6.45, 7) is 5.04. The average Bonchev–Trinajstić information content (AvgIpc) is 2.93. The molecule has 0 bridgehead atoms. The summed E-state index contributed by atoms with van der Waals surface area (Å²) in [4.78, 5) is 55.7. The number of primary amides is 1. The number of fused-ring (bicyclic) bond motifs is 3. The van der Waals surface area contributed by atoms with E-state index in [1.165, 1.54) is 31.1 Å². The fourth-order valence-corrected chi connectivity index (χ4v) is 7.09. The van der Waals surface area contributed by atoms with E-state index in [2.05, 4.69) is 5.32 Å². The second-order valence-corrected chi connectivity index (χ2v) is 11.9. The number of phenolic OH excluding ortho intramolecular Hbond substituents is 1. The zero-order valence-electron chi connectivity index (χ0n) is 24.2. The van der Waals surface area contributed by atoms with E-state index in [4.69, 9.17) is 10.5 Å². The zero-order valence-corrected chi connectivity index (χ0v) is 24.2. The number of likely N-dealkylation sites (N-methyl/N-ethyl adjacent to an activating group) is 1. The van der Waals surface area contributed by atoms with Crippen molar-refractivity contribution in [3.05, 3.63) is 45.9 Å². The van der Waals surface area contributed by atoms with E-state index < -0.39 is 87.3 Å². The highest BCUT2D eigenvalue weighted by Gasteiger charge is 2.67. The molecule has 232 valence electrons. The van der Waals surface area contributed by atoms with Crippen molar-refractivity contribution in [2.45, 2.75) is 43.6 Å². The first-order chi connectivity index (χ1) is 20.1. The molecule has 1 heterocycles. The minimum absolute atomic E-state index is 0.000287. The van der Waals surface area contributed by atoms with Crippen LogP contribution in [0, 0.1) is 11.8 Å². The van der Waals surface area contributed by atoms with Gasteiger partial charge in [0.05, 0.1) is 49.1 Å². The number of hydrogen-bond donors (Lipinski definition) is 7. The second-order valence-electron chi connectivity index (χ2n) is 11.9. The number of carbonyl (C=O) groups excluding carboxylic acids is 4. The summed E-state index contributed by atoms with van der Waals surface area (Å²) in [5.41, 5.74) is 0.812. The molecule has 2 amide bonds. The number of anilines is 1. The summed E-state index contributed by atoms with van der Waals surface area (Å²) >= 11 is 0.